The summed E-state index contributed by atoms with van der Waals surface area (Å²) in [6.45, 7) is 10.6. The third-order valence-electron chi connectivity index (χ3n) is 2.90. The van der Waals surface area contributed by atoms with Crippen LogP contribution in [0.4, 0.5) is 0 Å². The average Bonchev–Trinajstić information content (AvgIpc) is 2.67. The molecule has 0 saturated heterocycles. The van der Waals surface area contributed by atoms with Crippen molar-refractivity contribution in [3.63, 3.8) is 0 Å². The second-order valence-corrected chi connectivity index (χ2v) is 4.34. The molecule has 80 valence electrons. The minimum absolute atomic E-state index is 1.07. The number of aryl methyl sites for hydroxylation is 3. The van der Waals surface area contributed by atoms with Gasteiger partial charge in [0.2, 0.25) is 0 Å². The fourth-order valence-corrected chi connectivity index (χ4v) is 2.31. The highest BCUT2D eigenvalue weighted by atomic mass is 14.1. The molecule has 0 N–H and O–H groups in total. The van der Waals surface area contributed by atoms with Crippen LogP contribution >= 0.6 is 0 Å². The van der Waals surface area contributed by atoms with Crippen LogP contribution in [0.2, 0.25) is 0 Å². The summed E-state index contributed by atoms with van der Waals surface area (Å²) in [5.74, 6) is 0. The molecule has 0 nitrogen and oxygen atoms in total. The first kappa shape index (κ1) is 10.7. The SMILES string of the molecule is C=C(C1=C=CC=C1)c1c(C)cc(C)cc1C. The van der Waals surface area contributed by atoms with E-state index in [4.69, 9.17) is 0 Å². The number of rotatable bonds is 2. The molecule has 0 aliphatic heterocycles. The highest BCUT2D eigenvalue weighted by Crippen LogP contribution is 2.29. The molecule has 0 heterocycles. The van der Waals surface area contributed by atoms with E-state index < -0.39 is 0 Å². The molecule has 1 aliphatic rings. The molecule has 1 aliphatic carbocycles. The van der Waals surface area contributed by atoms with E-state index in [2.05, 4.69) is 51.3 Å². The van der Waals surface area contributed by atoms with Gasteiger partial charge in [0.05, 0.1) is 0 Å². The van der Waals surface area contributed by atoms with Gasteiger partial charge in [0, 0.05) is 5.57 Å². The van der Waals surface area contributed by atoms with E-state index in [1.165, 1.54) is 22.3 Å². The Morgan fingerprint density at radius 3 is 2.25 bits per heavy atom. The van der Waals surface area contributed by atoms with Gasteiger partial charge in [-0.25, -0.2) is 0 Å². The van der Waals surface area contributed by atoms with Crippen molar-refractivity contribution in [3.8, 4) is 0 Å². The van der Waals surface area contributed by atoms with Gasteiger partial charge < -0.3 is 0 Å². The molecule has 0 amide bonds. The maximum Gasteiger partial charge on any atom is 0.0237 e. The van der Waals surface area contributed by atoms with Crippen LogP contribution < -0.4 is 0 Å². The number of benzene rings is 1. The van der Waals surface area contributed by atoms with Gasteiger partial charge in [-0.1, -0.05) is 30.4 Å². The summed E-state index contributed by atoms with van der Waals surface area (Å²) < 4.78 is 0. The molecule has 16 heavy (non-hydrogen) atoms. The Morgan fingerprint density at radius 2 is 1.75 bits per heavy atom. The lowest BCUT2D eigenvalue weighted by Crippen LogP contribution is -1.94. The van der Waals surface area contributed by atoms with Crippen LogP contribution in [-0.4, -0.2) is 0 Å². The van der Waals surface area contributed by atoms with E-state index in [9.17, 15) is 0 Å². The molecule has 0 fully saturated rings. The molecule has 0 radical (unpaired) electrons. The zero-order valence-electron chi connectivity index (χ0n) is 10.1. The van der Waals surface area contributed by atoms with Crippen LogP contribution in [0.15, 0.2) is 48.2 Å². The molecule has 1 aromatic carbocycles. The van der Waals surface area contributed by atoms with Gasteiger partial charge >= 0.3 is 0 Å². The minimum atomic E-state index is 1.07. The summed E-state index contributed by atoms with van der Waals surface area (Å²) in [7, 11) is 0. The molecular formula is C16H16. The normalized spacial score (nSPS) is 13.1. The molecular weight excluding hydrogens is 192 g/mol. The van der Waals surface area contributed by atoms with Crippen LogP contribution in [0, 0.1) is 20.8 Å². The van der Waals surface area contributed by atoms with E-state index in [1.54, 1.807) is 0 Å². The van der Waals surface area contributed by atoms with Gasteiger partial charge in [0.15, 0.2) is 0 Å². The topological polar surface area (TPSA) is 0 Å². The lowest BCUT2D eigenvalue weighted by molar-refractivity contribution is 1.29. The molecule has 0 aromatic heterocycles. The fraction of sp³-hybridized carbons (Fsp3) is 0.188. The van der Waals surface area contributed by atoms with Crippen LogP contribution in [0.25, 0.3) is 5.57 Å². The second-order valence-electron chi connectivity index (χ2n) is 4.34. The Balaban J connectivity index is 2.53. The van der Waals surface area contributed by atoms with Crippen molar-refractivity contribution in [2.45, 2.75) is 20.8 Å². The van der Waals surface area contributed by atoms with Crippen molar-refractivity contribution in [2.75, 3.05) is 0 Å². The maximum atomic E-state index is 4.19. The van der Waals surface area contributed by atoms with Gasteiger partial charge in [0.1, 0.15) is 0 Å². The summed E-state index contributed by atoms with van der Waals surface area (Å²) >= 11 is 0. The number of allylic oxidation sites excluding steroid dienone is 4. The number of hydrogen-bond donors (Lipinski definition) is 0. The Kier molecular flexibility index (Phi) is 2.68. The predicted molar refractivity (Wildman–Crippen MR) is 70.4 cm³/mol. The van der Waals surface area contributed by atoms with Crippen molar-refractivity contribution in [1.29, 1.82) is 0 Å². The predicted octanol–water partition coefficient (Wildman–Crippen LogP) is 4.28. The maximum absolute atomic E-state index is 4.19. The molecule has 2 rings (SSSR count). The molecule has 0 atom stereocenters. The van der Waals surface area contributed by atoms with Crippen molar-refractivity contribution >= 4 is 5.57 Å². The van der Waals surface area contributed by atoms with E-state index in [1.807, 2.05) is 12.2 Å². The Morgan fingerprint density at radius 1 is 1.12 bits per heavy atom. The summed E-state index contributed by atoms with van der Waals surface area (Å²) in [5.41, 5.74) is 10.5. The zero-order chi connectivity index (χ0) is 11.7. The van der Waals surface area contributed by atoms with Gasteiger partial charge in [-0.2, -0.15) is 0 Å². The van der Waals surface area contributed by atoms with Gasteiger partial charge in [-0.3, -0.25) is 0 Å². The number of hydrogen-bond acceptors (Lipinski definition) is 0. The molecule has 0 unspecified atom stereocenters. The first-order valence-corrected chi connectivity index (χ1v) is 5.50. The molecule has 1 aromatic rings. The quantitative estimate of drug-likeness (QED) is 0.636. The third-order valence-corrected chi connectivity index (χ3v) is 2.90. The Labute approximate surface area is 97.3 Å². The highest BCUT2D eigenvalue weighted by molar-refractivity contribution is 5.84. The van der Waals surface area contributed by atoms with Crippen molar-refractivity contribution < 1.29 is 0 Å². The van der Waals surface area contributed by atoms with Crippen molar-refractivity contribution in [1.82, 2.24) is 0 Å². The monoisotopic (exact) mass is 208 g/mol. The van der Waals surface area contributed by atoms with Crippen molar-refractivity contribution in [3.05, 3.63) is 70.5 Å². The largest absolute Gasteiger partial charge is 0.112 e. The Hall–Kier alpha value is -1.78. The molecule has 0 heteroatoms. The van der Waals surface area contributed by atoms with Gasteiger partial charge in [-0.05, 0) is 55.2 Å². The standard InChI is InChI=1S/C16H16/c1-11-9-12(2)16(13(3)10-11)14(4)15-7-5-6-8-15/h5-7,9-10H,4H2,1-3H3. The molecule has 0 bridgehead atoms. The lowest BCUT2D eigenvalue weighted by Gasteiger charge is -2.13. The smallest absolute Gasteiger partial charge is 0.0237 e. The van der Waals surface area contributed by atoms with Gasteiger partial charge in [-0.15, -0.1) is 5.73 Å². The average molecular weight is 208 g/mol. The fourth-order valence-electron chi connectivity index (χ4n) is 2.31. The van der Waals surface area contributed by atoms with E-state index in [-0.39, 0.29) is 0 Å². The van der Waals surface area contributed by atoms with Crippen LogP contribution in [0.3, 0.4) is 0 Å². The summed E-state index contributed by atoms with van der Waals surface area (Å²) in [4.78, 5) is 0. The summed E-state index contributed by atoms with van der Waals surface area (Å²) in [6, 6.07) is 4.41. The van der Waals surface area contributed by atoms with Crippen LogP contribution in [0.1, 0.15) is 22.3 Å². The Bertz CT molecular complexity index is 524. The van der Waals surface area contributed by atoms with Crippen LogP contribution in [0.5, 0.6) is 0 Å². The van der Waals surface area contributed by atoms with E-state index >= 15 is 0 Å². The zero-order valence-corrected chi connectivity index (χ0v) is 10.1. The first-order chi connectivity index (χ1) is 7.59. The van der Waals surface area contributed by atoms with E-state index in [0.717, 1.165) is 11.1 Å². The molecule has 0 spiro atoms. The van der Waals surface area contributed by atoms with Gasteiger partial charge in [0.25, 0.3) is 0 Å². The second kappa shape index (κ2) is 4.00. The highest BCUT2D eigenvalue weighted by Gasteiger charge is 2.10. The van der Waals surface area contributed by atoms with Crippen LogP contribution in [-0.2, 0) is 0 Å². The summed E-state index contributed by atoms with van der Waals surface area (Å²) in [5, 5.41) is 0. The molecule has 0 saturated carbocycles. The van der Waals surface area contributed by atoms with E-state index in [0.29, 0.717) is 0 Å². The third kappa shape index (κ3) is 1.80. The summed E-state index contributed by atoms with van der Waals surface area (Å²) in [6.07, 6.45) is 5.99. The minimum Gasteiger partial charge on any atom is -0.112 e. The van der Waals surface area contributed by atoms with Crippen molar-refractivity contribution in [2.24, 2.45) is 0 Å². The lowest BCUT2D eigenvalue weighted by atomic mass is 9.91. The first-order valence-electron chi connectivity index (χ1n) is 5.50.